The van der Waals surface area contributed by atoms with Crippen LogP contribution in [0.1, 0.15) is 25.0 Å². The van der Waals surface area contributed by atoms with E-state index in [4.69, 9.17) is 15.2 Å². The fourth-order valence-corrected chi connectivity index (χ4v) is 1.73. The number of ether oxygens (including phenoxy) is 2. The number of nitrogens with zero attached hydrogens (tertiary/aromatic N) is 2. The second kappa shape index (κ2) is 5.77. The van der Waals surface area contributed by atoms with Crippen LogP contribution in [0.4, 0.5) is 0 Å². The molecule has 1 atom stereocenters. The summed E-state index contributed by atoms with van der Waals surface area (Å²) < 4.78 is 11.2. The summed E-state index contributed by atoms with van der Waals surface area (Å²) in [6.45, 7) is 1.71. The van der Waals surface area contributed by atoms with E-state index in [9.17, 15) is 0 Å². The Bertz CT molecular complexity index is 327. The van der Waals surface area contributed by atoms with Gasteiger partial charge in [0.2, 0.25) is 5.88 Å². The normalized spacial score (nSPS) is 20.7. The first-order chi connectivity index (χ1) is 7.90. The van der Waals surface area contributed by atoms with Gasteiger partial charge in [-0.15, -0.1) is 0 Å². The van der Waals surface area contributed by atoms with Crippen LogP contribution in [-0.4, -0.2) is 29.3 Å². The number of rotatable bonds is 4. The molecule has 0 radical (unpaired) electrons. The van der Waals surface area contributed by atoms with Crippen molar-refractivity contribution in [3.8, 4) is 5.88 Å². The fourth-order valence-electron chi connectivity index (χ4n) is 1.73. The molecule has 1 fully saturated rings. The second-order valence-corrected chi connectivity index (χ2v) is 3.81. The molecule has 5 nitrogen and oxygen atoms in total. The van der Waals surface area contributed by atoms with Gasteiger partial charge in [-0.1, -0.05) is 0 Å². The van der Waals surface area contributed by atoms with Gasteiger partial charge in [0.15, 0.2) is 0 Å². The minimum atomic E-state index is 0.182. The van der Waals surface area contributed by atoms with Crippen molar-refractivity contribution >= 4 is 0 Å². The van der Waals surface area contributed by atoms with Crippen LogP contribution < -0.4 is 10.5 Å². The zero-order valence-electron chi connectivity index (χ0n) is 9.26. The first kappa shape index (κ1) is 11.3. The van der Waals surface area contributed by atoms with Crippen molar-refractivity contribution in [2.24, 2.45) is 5.73 Å². The van der Waals surface area contributed by atoms with Gasteiger partial charge in [0, 0.05) is 25.5 Å². The van der Waals surface area contributed by atoms with E-state index in [-0.39, 0.29) is 6.10 Å². The van der Waals surface area contributed by atoms with Crippen molar-refractivity contribution in [3.63, 3.8) is 0 Å². The van der Waals surface area contributed by atoms with Gasteiger partial charge in [-0.25, -0.2) is 4.98 Å². The first-order valence-electron chi connectivity index (χ1n) is 5.64. The van der Waals surface area contributed by atoms with Gasteiger partial charge >= 0.3 is 0 Å². The van der Waals surface area contributed by atoms with Gasteiger partial charge in [-0.3, -0.25) is 4.98 Å². The summed E-state index contributed by atoms with van der Waals surface area (Å²) in [5.74, 6) is 0.527. The molecule has 1 saturated heterocycles. The molecular formula is C11H17N3O2. The Labute approximate surface area is 95.0 Å². The molecule has 2 N–H and O–H groups in total. The van der Waals surface area contributed by atoms with E-state index in [1.54, 1.807) is 12.4 Å². The average Bonchev–Trinajstić information content (AvgIpc) is 2.38. The van der Waals surface area contributed by atoms with Crippen LogP contribution in [0.25, 0.3) is 0 Å². The zero-order valence-corrected chi connectivity index (χ0v) is 9.26. The zero-order chi connectivity index (χ0) is 11.2. The lowest BCUT2D eigenvalue weighted by molar-refractivity contribution is -0.0122. The Morgan fingerprint density at radius 3 is 3.00 bits per heavy atom. The highest BCUT2D eigenvalue weighted by atomic mass is 16.5. The Kier molecular flexibility index (Phi) is 4.07. The monoisotopic (exact) mass is 223 g/mol. The quantitative estimate of drug-likeness (QED) is 0.820. The van der Waals surface area contributed by atoms with Crippen molar-refractivity contribution in [1.29, 1.82) is 0 Å². The van der Waals surface area contributed by atoms with Crippen molar-refractivity contribution in [3.05, 3.63) is 18.1 Å². The van der Waals surface area contributed by atoms with Crippen molar-refractivity contribution in [1.82, 2.24) is 9.97 Å². The van der Waals surface area contributed by atoms with Crippen LogP contribution in [0.5, 0.6) is 5.88 Å². The Balaban J connectivity index is 1.88. The van der Waals surface area contributed by atoms with E-state index >= 15 is 0 Å². The molecule has 5 heteroatoms. The smallest absolute Gasteiger partial charge is 0.237 e. The van der Waals surface area contributed by atoms with Gasteiger partial charge in [0.05, 0.1) is 6.10 Å². The molecule has 88 valence electrons. The van der Waals surface area contributed by atoms with Gasteiger partial charge in [-0.2, -0.15) is 0 Å². The third kappa shape index (κ3) is 2.90. The van der Waals surface area contributed by atoms with Gasteiger partial charge < -0.3 is 15.2 Å². The molecule has 2 rings (SSSR count). The third-order valence-corrected chi connectivity index (χ3v) is 2.61. The highest BCUT2D eigenvalue weighted by Gasteiger charge is 2.15. The maximum atomic E-state index is 5.59. The van der Waals surface area contributed by atoms with Crippen molar-refractivity contribution < 1.29 is 9.47 Å². The molecule has 1 aliphatic heterocycles. The molecule has 0 bridgehead atoms. The number of nitrogens with two attached hydrogens (primary N) is 1. The predicted octanol–water partition coefficient (Wildman–Crippen LogP) is 0.883. The summed E-state index contributed by atoms with van der Waals surface area (Å²) in [7, 11) is 0. The number of hydrogen-bond donors (Lipinski definition) is 1. The van der Waals surface area contributed by atoms with Crippen molar-refractivity contribution in [2.45, 2.75) is 31.9 Å². The Hall–Kier alpha value is -1.20. The molecule has 2 heterocycles. The molecule has 1 unspecified atom stereocenters. The molecule has 0 aliphatic carbocycles. The largest absolute Gasteiger partial charge is 0.474 e. The Morgan fingerprint density at radius 1 is 1.38 bits per heavy atom. The number of hydrogen-bond acceptors (Lipinski definition) is 5. The van der Waals surface area contributed by atoms with E-state index < -0.39 is 0 Å². The molecule has 1 aromatic heterocycles. The SMILES string of the molecule is NCc1nccnc1OCC1CCCCO1. The highest BCUT2D eigenvalue weighted by Crippen LogP contribution is 2.15. The molecule has 1 aromatic rings. The highest BCUT2D eigenvalue weighted by molar-refractivity contribution is 5.16. The number of aromatic nitrogens is 2. The van der Waals surface area contributed by atoms with E-state index in [1.807, 2.05) is 0 Å². The van der Waals surface area contributed by atoms with E-state index in [1.165, 1.54) is 6.42 Å². The maximum absolute atomic E-state index is 5.59. The van der Waals surface area contributed by atoms with Gasteiger partial charge in [0.25, 0.3) is 0 Å². The van der Waals surface area contributed by atoms with Crippen LogP contribution in [0, 0.1) is 0 Å². The second-order valence-electron chi connectivity index (χ2n) is 3.81. The minimum absolute atomic E-state index is 0.182. The lowest BCUT2D eigenvalue weighted by Crippen LogP contribution is -2.26. The van der Waals surface area contributed by atoms with E-state index in [2.05, 4.69) is 9.97 Å². The maximum Gasteiger partial charge on any atom is 0.237 e. The van der Waals surface area contributed by atoms with Crippen LogP contribution in [0.2, 0.25) is 0 Å². The average molecular weight is 223 g/mol. The Morgan fingerprint density at radius 2 is 2.25 bits per heavy atom. The third-order valence-electron chi connectivity index (χ3n) is 2.61. The van der Waals surface area contributed by atoms with Crippen molar-refractivity contribution in [2.75, 3.05) is 13.2 Å². The summed E-state index contributed by atoms with van der Waals surface area (Å²) in [5, 5.41) is 0. The predicted molar refractivity (Wildman–Crippen MR) is 59.0 cm³/mol. The fraction of sp³-hybridized carbons (Fsp3) is 0.636. The molecule has 16 heavy (non-hydrogen) atoms. The van der Waals surface area contributed by atoms with Crippen LogP contribution in [0.3, 0.4) is 0 Å². The van der Waals surface area contributed by atoms with Crippen LogP contribution in [-0.2, 0) is 11.3 Å². The summed E-state index contributed by atoms with van der Waals surface area (Å²) in [5.41, 5.74) is 6.24. The minimum Gasteiger partial charge on any atom is -0.474 e. The molecule has 0 saturated carbocycles. The molecule has 0 spiro atoms. The topological polar surface area (TPSA) is 70.3 Å². The standard InChI is InChI=1S/C11H17N3O2/c12-7-10-11(14-5-4-13-10)16-8-9-3-1-2-6-15-9/h4-5,9H,1-3,6-8,12H2. The van der Waals surface area contributed by atoms with Crippen LogP contribution >= 0.6 is 0 Å². The van der Waals surface area contributed by atoms with Gasteiger partial charge in [-0.05, 0) is 19.3 Å². The van der Waals surface area contributed by atoms with Crippen LogP contribution in [0.15, 0.2) is 12.4 Å². The summed E-state index contributed by atoms with van der Waals surface area (Å²) in [4.78, 5) is 8.22. The van der Waals surface area contributed by atoms with E-state index in [0.29, 0.717) is 24.7 Å². The molecule has 1 aliphatic rings. The molecule has 0 aromatic carbocycles. The summed E-state index contributed by atoms with van der Waals surface area (Å²) in [6, 6.07) is 0. The summed E-state index contributed by atoms with van der Waals surface area (Å²) in [6.07, 6.45) is 6.82. The van der Waals surface area contributed by atoms with Gasteiger partial charge in [0.1, 0.15) is 12.3 Å². The summed E-state index contributed by atoms with van der Waals surface area (Å²) >= 11 is 0. The lowest BCUT2D eigenvalue weighted by atomic mass is 10.1. The molecular weight excluding hydrogens is 206 g/mol. The molecule has 0 amide bonds. The first-order valence-corrected chi connectivity index (χ1v) is 5.64. The van der Waals surface area contributed by atoms with E-state index in [0.717, 1.165) is 19.4 Å². The lowest BCUT2D eigenvalue weighted by Gasteiger charge is -2.22.